The quantitative estimate of drug-likeness (QED) is 0.673. The Bertz CT molecular complexity index is 835. The molecular weight excluding hydrogens is 374 g/mol. The van der Waals surface area contributed by atoms with E-state index in [1.165, 1.54) is 6.42 Å². The van der Waals surface area contributed by atoms with Crippen molar-refractivity contribution in [3.63, 3.8) is 0 Å². The molecule has 2 aromatic rings. The normalized spacial score (nSPS) is 17.3. The molecule has 2 aromatic heterocycles. The Morgan fingerprint density at radius 1 is 1.17 bits per heavy atom. The standard InChI is InChI=1S/C23H33N7/c1-5-29(6-2)16-23(3,4)17-30-11-7-8-21(30)20-14-27-22(15-26-20)28-19-10-9-18(12-24)25-13-19/h9-10,13-15,21H,5-8,11,16-17H2,1-4H3,(H,27,28)/t21-/m1/s1. The van der Waals surface area contributed by atoms with E-state index in [9.17, 15) is 0 Å². The molecule has 0 bridgehead atoms. The summed E-state index contributed by atoms with van der Waals surface area (Å²) >= 11 is 0. The Kier molecular flexibility index (Phi) is 7.35. The molecule has 1 aliphatic heterocycles. The fraction of sp³-hybridized carbons (Fsp3) is 0.565. The summed E-state index contributed by atoms with van der Waals surface area (Å²) in [5.41, 5.74) is 2.45. The van der Waals surface area contributed by atoms with Crippen LogP contribution in [0.15, 0.2) is 30.7 Å². The molecule has 0 amide bonds. The van der Waals surface area contributed by atoms with E-state index >= 15 is 0 Å². The van der Waals surface area contributed by atoms with Crippen molar-refractivity contribution in [3.05, 3.63) is 42.1 Å². The fourth-order valence-corrected chi connectivity index (χ4v) is 4.26. The van der Waals surface area contributed by atoms with Gasteiger partial charge in [0, 0.05) is 13.1 Å². The molecule has 1 N–H and O–H groups in total. The van der Waals surface area contributed by atoms with Crippen molar-refractivity contribution in [2.75, 3.05) is 38.0 Å². The molecule has 3 rings (SSSR count). The number of hydrogen-bond acceptors (Lipinski definition) is 7. The van der Waals surface area contributed by atoms with Gasteiger partial charge in [-0.1, -0.05) is 27.7 Å². The van der Waals surface area contributed by atoms with Crippen LogP contribution in [0.1, 0.15) is 58.0 Å². The minimum Gasteiger partial charge on any atom is -0.338 e. The lowest BCUT2D eigenvalue weighted by molar-refractivity contribution is 0.117. The first-order valence-electron chi connectivity index (χ1n) is 10.9. The van der Waals surface area contributed by atoms with E-state index < -0.39 is 0 Å². The summed E-state index contributed by atoms with van der Waals surface area (Å²) < 4.78 is 0. The van der Waals surface area contributed by atoms with Gasteiger partial charge in [0.05, 0.1) is 36.0 Å². The largest absolute Gasteiger partial charge is 0.338 e. The average molecular weight is 408 g/mol. The lowest BCUT2D eigenvalue weighted by atomic mass is 9.91. The van der Waals surface area contributed by atoms with E-state index in [-0.39, 0.29) is 5.41 Å². The molecule has 0 radical (unpaired) electrons. The molecule has 1 saturated heterocycles. The number of nitrogens with zero attached hydrogens (tertiary/aromatic N) is 6. The third kappa shape index (κ3) is 5.74. The Balaban J connectivity index is 1.63. The van der Waals surface area contributed by atoms with E-state index in [0.29, 0.717) is 17.6 Å². The third-order valence-corrected chi connectivity index (χ3v) is 5.70. The van der Waals surface area contributed by atoms with Gasteiger partial charge in [-0.25, -0.2) is 9.97 Å². The van der Waals surface area contributed by atoms with Gasteiger partial charge in [-0.05, 0) is 50.0 Å². The monoisotopic (exact) mass is 407 g/mol. The lowest BCUT2D eigenvalue weighted by Gasteiger charge is -2.36. The molecule has 0 aromatic carbocycles. The van der Waals surface area contributed by atoms with E-state index in [2.05, 4.69) is 52.8 Å². The summed E-state index contributed by atoms with van der Waals surface area (Å²) in [5, 5.41) is 12.0. The molecule has 3 heterocycles. The predicted octanol–water partition coefficient (Wildman–Crippen LogP) is 3.99. The Morgan fingerprint density at radius 2 is 1.97 bits per heavy atom. The summed E-state index contributed by atoms with van der Waals surface area (Å²) in [6.07, 6.45) is 7.63. The van der Waals surface area contributed by atoms with Crippen LogP contribution in [-0.2, 0) is 0 Å². The van der Waals surface area contributed by atoms with Gasteiger partial charge in [-0.3, -0.25) is 9.88 Å². The topological polar surface area (TPSA) is 81.0 Å². The fourth-order valence-electron chi connectivity index (χ4n) is 4.26. The highest BCUT2D eigenvalue weighted by atomic mass is 15.2. The summed E-state index contributed by atoms with van der Waals surface area (Å²) in [6, 6.07) is 5.85. The maximum absolute atomic E-state index is 8.85. The first-order chi connectivity index (χ1) is 14.4. The third-order valence-electron chi connectivity index (χ3n) is 5.70. The molecule has 1 aliphatic rings. The molecule has 7 nitrogen and oxygen atoms in total. The minimum atomic E-state index is 0.228. The highest BCUT2D eigenvalue weighted by molar-refractivity contribution is 5.54. The van der Waals surface area contributed by atoms with Crippen molar-refractivity contribution in [1.82, 2.24) is 24.8 Å². The van der Waals surface area contributed by atoms with Gasteiger partial charge < -0.3 is 10.2 Å². The Hall–Kier alpha value is -2.56. The van der Waals surface area contributed by atoms with Crippen molar-refractivity contribution in [2.24, 2.45) is 5.41 Å². The first-order valence-corrected chi connectivity index (χ1v) is 10.9. The van der Waals surface area contributed by atoms with Crippen molar-refractivity contribution >= 4 is 11.5 Å². The van der Waals surface area contributed by atoms with Crippen LogP contribution in [0, 0.1) is 16.7 Å². The second-order valence-corrected chi connectivity index (χ2v) is 8.75. The van der Waals surface area contributed by atoms with E-state index in [0.717, 1.165) is 50.5 Å². The van der Waals surface area contributed by atoms with Crippen molar-refractivity contribution < 1.29 is 0 Å². The number of hydrogen-bond donors (Lipinski definition) is 1. The van der Waals surface area contributed by atoms with Crippen LogP contribution in [0.5, 0.6) is 0 Å². The van der Waals surface area contributed by atoms with Crippen molar-refractivity contribution in [1.29, 1.82) is 5.26 Å². The van der Waals surface area contributed by atoms with Crippen molar-refractivity contribution in [3.8, 4) is 6.07 Å². The predicted molar refractivity (Wildman–Crippen MR) is 119 cm³/mol. The Morgan fingerprint density at radius 3 is 2.57 bits per heavy atom. The van der Waals surface area contributed by atoms with Crippen LogP contribution < -0.4 is 5.32 Å². The second-order valence-electron chi connectivity index (χ2n) is 8.75. The maximum atomic E-state index is 8.85. The van der Waals surface area contributed by atoms with E-state index in [4.69, 9.17) is 10.2 Å². The summed E-state index contributed by atoms with van der Waals surface area (Å²) in [5.74, 6) is 0.677. The number of likely N-dealkylation sites (tertiary alicyclic amines) is 1. The van der Waals surface area contributed by atoms with Crippen LogP contribution in [-0.4, -0.2) is 57.5 Å². The van der Waals surface area contributed by atoms with Gasteiger partial charge in [0.1, 0.15) is 17.6 Å². The SMILES string of the molecule is CCN(CC)CC(C)(C)CN1CCC[C@@H]1c1cnc(Nc2ccc(C#N)nc2)cn1. The van der Waals surface area contributed by atoms with Crippen LogP contribution in [0.4, 0.5) is 11.5 Å². The van der Waals surface area contributed by atoms with Gasteiger partial charge in [0.25, 0.3) is 0 Å². The van der Waals surface area contributed by atoms with Crippen LogP contribution in [0.3, 0.4) is 0 Å². The number of pyridine rings is 1. The van der Waals surface area contributed by atoms with Gasteiger partial charge >= 0.3 is 0 Å². The molecule has 0 saturated carbocycles. The molecule has 0 spiro atoms. The molecule has 0 unspecified atom stereocenters. The van der Waals surface area contributed by atoms with E-state index in [1.54, 1.807) is 18.5 Å². The second kappa shape index (κ2) is 9.96. The zero-order valence-electron chi connectivity index (χ0n) is 18.6. The zero-order chi connectivity index (χ0) is 21.6. The van der Waals surface area contributed by atoms with Gasteiger partial charge in [0.2, 0.25) is 0 Å². The van der Waals surface area contributed by atoms with Crippen LogP contribution >= 0.6 is 0 Å². The molecule has 30 heavy (non-hydrogen) atoms. The first kappa shape index (κ1) is 22.1. The number of anilines is 2. The lowest BCUT2D eigenvalue weighted by Crippen LogP contribution is -2.42. The van der Waals surface area contributed by atoms with Crippen molar-refractivity contribution in [2.45, 2.75) is 46.6 Å². The minimum absolute atomic E-state index is 0.228. The van der Waals surface area contributed by atoms with Gasteiger partial charge in [-0.2, -0.15) is 5.26 Å². The summed E-state index contributed by atoms with van der Waals surface area (Å²) in [6.45, 7) is 14.7. The summed E-state index contributed by atoms with van der Waals surface area (Å²) in [4.78, 5) is 18.4. The van der Waals surface area contributed by atoms with E-state index in [1.807, 2.05) is 18.3 Å². The van der Waals surface area contributed by atoms with Gasteiger partial charge in [-0.15, -0.1) is 0 Å². The van der Waals surface area contributed by atoms with Crippen LogP contribution in [0.25, 0.3) is 0 Å². The number of nitriles is 1. The Labute approximate surface area is 180 Å². The molecular formula is C23H33N7. The van der Waals surface area contributed by atoms with Crippen LogP contribution in [0.2, 0.25) is 0 Å². The molecule has 7 heteroatoms. The number of rotatable bonds is 9. The molecule has 1 fully saturated rings. The molecule has 160 valence electrons. The molecule has 0 aliphatic carbocycles. The average Bonchev–Trinajstić information content (AvgIpc) is 3.20. The highest BCUT2D eigenvalue weighted by Gasteiger charge is 2.32. The smallest absolute Gasteiger partial charge is 0.148 e. The zero-order valence-corrected chi connectivity index (χ0v) is 18.6. The summed E-state index contributed by atoms with van der Waals surface area (Å²) in [7, 11) is 0. The molecule has 1 atom stereocenters. The van der Waals surface area contributed by atoms with Gasteiger partial charge in [0.15, 0.2) is 0 Å². The number of nitrogens with one attached hydrogen (secondary N) is 1. The number of aromatic nitrogens is 3. The highest BCUT2D eigenvalue weighted by Crippen LogP contribution is 2.34. The maximum Gasteiger partial charge on any atom is 0.148 e.